The zero-order valence-electron chi connectivity index (χ0n) is 21.6. The molecule has 0 aromatic heterocycles. The van der Waals surface area contributed by atoms with Crippen LogP contribution in [-0.2, 0) is 9.49 Å². The van der Waals surface area contributed by atoms with E-state index in [4.69, 9.17) is 25.8 Å². The molecule has 4 rings (SSSR count). The number of methoxy groups -OCH3 is 3. The molecule has 1 saturated carbocycles. The van der Waals surface area contributed by atoms with Crippen LogP contribution in [0.5, 0.6) is 17.2 Å². The second-order valence-corrected chi connectivity index (χ2v) is 13.3. The Hall–Kier alpha value is -1.21. The summed E-state index contributed by atoms with van der Waals surface area (Å²) < 4.78 is 17.0. The topological polar surface area (TPSA) is 30.9 Å². The molecule has 192 valence electrons. The van der Waals surface area contributed by atoms with E-state index >= 15 is 0 Å². The second kappa shape index (κ2) is 11.5. The average Bonchev–Trinajstić information content (AvgIpc) is 2.86. The Morgan fingerprint density at radius 1 is 0.914 bits per heavy atom. The molecule has 1 saturated heterocycles. The van der Waals surface area contributed by atoms with E-state index in [1.54, 1.807) is 21.3 Å². The maximum Gasteiger partial charge on any atom is 0.203 e. The molecule has 35 heavy (non-hydrogen) atoms. The molecule has 1 atom stereocenters. The zero-order chi connectivity index (χ0) is 25.1. The van der Waals surface area contributed by atoms with E-state index in [0.29, 0.717) is 11.8 Å². The van der Waals surface area contributed by atoms with Crippen molar-refractivity contribution in [3.63, 3.8) is 0 Å². The van der Waals surface area contributed by atoms with Crippen LogP contribution in [0.4, 0.5) is 0 Å². The molecule has 0 bridgehead atoms. The van der Waals surface area contributed by atoms with Crippen molar-refractivity contribution in [3.05, 3.63) is 52.5 Å². The first-order chi connectivity index (χ1) is 16.9. The molecule has 1 aliphatic carbocycles. The maximum absolute atomic E-state index is 6.18. The first-order valence-electron chi connectivity index (χ1n) is 12.4. The lowest BCUT2D eigenvalue weighted by Crippen LogP contribution is -2.48. The van der Waals surface area contributed by atoms with Gasteiger partial charge in [0.05, 0.1) is 25.4 Å². The summed E-state index contributed by atoms with van der Waals surface area (Å²) in [7, 11) is 7.34. The molecule has 0 radical (unpaired) electrons. The molecular weight excluding hydrogens is 498 g/mol. The summed E-state index contributed by atoms with van der Waals surface area (Å²) >= 11 is 10.3. The van der Waals surface area contributed by atoms with Crippen molar-refractivity contribution in [1.82, 2.24) is 4.90 Å². The fraction of sp³-hybridized carbons (Fsp3) is 0.571. The van der Waals surface area contributed by atoms with Crippen molar-refractivity contribution in [2.24, 2.45) is 0 Å². The molecule has 2 aliphatic rings. The van der Waals surface area contributed by atoms with Gasteiger partial charge in [-0.3, -0.25) is 0 Å². The molecule has 1 unspecified atom stereocenters. The standard InChI is InChI=1S/C28H38ClNO3S2/c1-20(30(2)19-27(12-6-13-27)21-8-10-23(29)11-9-21)18-28(34-14-7-15-35-28)22-16-24(31-3)26(33-5)25(17-22)32-4/h8-11,16-17,20H,6-7,12-15,18-19H2,1-5H3. The van der Waals surface area contributed by atoms with Crippen LogP contribution in [-0.4, -0.2) is 57.4 Å². The SMILES string of the molecule is COc1cc(C2(CC(C)N(C)CC3(c4ccc(Cl)cc4)CCC3)SCCCS2)cc(OC)c1OC. The summed E-state index contributed by atoms with van der Waals surface area (Å²) in [4.78, 5) is 2.57. The molecule has 0 N–H and O–H groups in total. The minimum Gasteiger partial charge on any atom is -0.493 e. The average molecular weight is 536 g/mol. The third kappa shape index (κ3) is 5.56. The highest BCUT2D eigenvalue weighted by atomic mass is 35.5. The van der Waals surface area contributed by atoms with Gasteiger partial charge in [0.25, 0.3) is 0 Å². The van der Waals surface area contributed by atoms with Gasteiger partial charge in [-0.2, -0.15) is 0 Å². The van der Waals surface area contributed by atoms with Gasteiger partial charge in [0.15, 0.2) is 11.5 Å². The highest BCUT2D eigenvalue weighted by Crippen LogP contribution is 2.56. The number of hydrogen-bond acceptors (Lipinski definition) is 6. The first-order valence-corrected chi connectivity index (χ1v) is 14.8. The van der Waals surface area contributed by atoms with Crippen LogP contribution >= 0.6 is 35.1 Å². The number of ether oxygens (including phenoxy) is 3. The van der Waals surface area contributed by atoms with Crippen molar-refractivity contribution in [2.75, 3.05) is 46.4 Å². The van der Waals surface area contributed by atoms with Gasteiger partial charge in [0.1, 0.15) is 0 Å². The Kier molecular flexibility index (Phi) is 8.78. The molecule has 0 spiro atoms. The Bertz CT molecular complexity index is 965. The molecule has 2 aromatic rings. The van der Waals surface area contributed by atoms with Crippen molar-refractivity contribution in [2.45, 2.75) is 54.6 Å². The highest BCUT2D eigenvalue weighted by Gasteiger charge is 2.43. The second-order valence-electron chi connectivity index (χ2n) is 9.83. The lowest BCUT2D eigenvalue weighted by atomic mass is 9.64. The fourth-order valence-electron chi connectivity index (χ4n) is 5.40. The Morgan fingerprint density at radius 2 is 1.51 bits per heavy atom. The summed E-state index contributed by atoms with van der Waals surface area (Å²) in [6.45, 7) is 3.44. The van der Waals surface area contributed by atoms with Gasteiger partial charge < -0.3 is 19.1 Å². The van der Waals surface area contributed by atoms with Gasteiger partial charge in [-0.05, 0) is 86.6 Å². The lowest BCUT2D eigenvalue weighted by molar-refractivity contribution is 0.128. The Labute approximate surface area is 224 Å². The predicted molar refractivity (Wildman–Crippen MR) is 151 cm³/mol. The number of thioether (sulfide) groups is 2. The van der Waals surface area contributed by atoms with E-state index in [9.17, 15) is 0 Å². The highest BCUT2D eigenvalue weighted by molar-refractivity contribution is 8.18. The van der Waals surface area contributed by atoms with Crippen LogP contribution in [0, 0.1) is 0 Å². The number of hydrogen-bond donors (Lipinski definition) is 0. The molecule has 7 heteroatoms. The quantitative estimate of drug-likeness (QED) is 0.319. The molecule has 4 nitrogen and oxygen atoms in total. The van der Waals surface area contributed by atoms with Gasteiger partial charge in [-0.15, -0.1) is 23.5 Å². The van der Waals surface area contributed by atoms with Gasteiger partial charge in [0, 0.05) is 23.0 Å². The van der Waals surface area contributed by atoms with E-state index < -0.39 is 0 Å². The lowest BCUT2D eigenvalue weighted by Gasteiger charge is -2.47. The molecule has 1 aliphatic heterocycles. The molecule has 1 heterocycles. The van der Waals surface area contributed by atoms with Crippen molar-refractivity contribution >= 4 is 35.1 Å². The van der Waals surface area contributed by atoms with Crippen LogP contribution < -0.4 is 14.2 Å². The van der Waals surface area contributed by atoms with Crippen LogP contribution in [0.15, 0.2) is 36.4 Å². The largest absolute Gasteiger partial charge is 0.493 e. The summed E-state index contributed by atoms with van der Waals surface area (Å²) in [6, 6.07) is 13.2. The van der Waals surface area contributed by atoms with E-state index in [1.165, 1.54) is 36.8 Å². The van der Waals surface area contributed by atoms with Crippen molar-refractivity contribution in [1.29, 1.82) is 0 Å². The van der Waals surface area contributed by atoms with E-state index in [0.717, 1.165) is 41.0 Å². The van der Waals surface area contributed by atoms with Gasteiger partial charge in [0.2, 0.25) is 5.75 Å². The van der Waals surface area contributed by atoms with Gasteiger partial charge >= 0.3 is 0 Å². The normalized spacial score (nSPS) is 19.6. The Balaban J connectivity index is 1.58. The molecule has 2 aromatic carbocycles. The van der Waals surface area contributed by atoms with Crippen LogP contribution in [0.25, 0.3) is 0 Å². The zero-order valence-corrected chi connectivity index (χ0v) is 24.0. The van der Waals surface area contributed by atoms with Crippen LogP contribution in [0.2, 0.25) is 5.02 Å². The number of nitrogens with zero attached hydrogens (tertiary/aromatic N) is 1. The Morgan fingerprint density at radius 3 is 2.00 bits per heavy atom. The monoisotopic (exact) mass is 535 g/mol. The van der Waals surface area contributed by atoms with E-state index in [-0.39, 0.29) is 9.49 Å². The number of halogens is 1. The number of benzene rings is 2. The summed E-state index contributed by atoms with van der Waals surface area (Å²) in [5, 5.41) is 0.809. The molecule has 0 amide bonds. The fourth-order valence-corrected chi connectivity index (χ4v) is 9.07. The molecular formula is C28H38ClNO3S2. The van der Waals surface area contributed by atoms with Gasteiger partial charge in [-0.1, -0.05) is 30.2 Å². The van der Waals surface area contributed by atoms with Crippen molar-refractivity contribution < 1.29 is 14.2 Å². The van der Waals surface area contributed by atoms with E-state index in [1.807, 2.05) is 12.1 Å². The number of rotatable bonds is 10. The van der Waals surface area contributed by atoms with Crippen molar-refractivity contribution in [3.8, 4) is 17.2 Å². The number of likely N-dealkylation sites (N-methyl/N-ethyl adjacent to an activating group) is 1. The smallest absolute Gasteiger partial charge is 0.203 e. The summed E-state index contributed by atoms with van der Waals surface area (Å²) in [6.07, 6.45) is 6.08. The molecule has 2 fully saturated rings. The summed E-state index contributed by atoms with van der Waals surface area (Å²) in [5.74, 6) is 4.43. The minimum absolute atomic E-state index is 0.0498. The predicted octanol–water partition coefficient (Wildman–Crippen LogP) is 7.22. The maximum atomic E-state index is 6.18. The third-order valence-electron chi connectivity index (χ3n) is 7.70. The minimum atomic E-state index is -0.0498. The summed E-state index contributed by atoms with van der Waals surface area (Å²) in [5.41, 5.74) is 2.91. The third-order valence-corrected chi connectivity index (χ3v) is 11.4. The first kappa shape index (κ1) is 26.8. The van der Waals surface area contributed by atoms with Gasteiger partial charge in [-0.25, -0.2) is 0 Å². The van der Waals surface area contributed by atoms with Crippen LogP contribution in [0.3, 0.4) is 0 Å². The van der Waals surface area contributed by atoms with Crippen LogP contribution in [0.1, 0.15) is 50.2 Å². The van der Waals surface area contributed by atoms with E-state index in [2.05, 4.69) is 66.7 Å².